The summed E-state index contributed by atoms with van der Waals surface area (Å²) in [5, 5.41) is 19.5. The number of hydrogen-bond acceptors (Lipinski definition) is 7. The zero-order valence-electron chi connectivity index (χ0n) is 16.8. The van der Waals surface area contributed by atoms with Crippen molar-refractivity contribution >= 4 is 22.3 Å². The highest BCUT2D eigenvalue weighted by Gasteiger charge is 2.22. The normalized spacial score (nSPS) is 10.9. The van der Waals surface area contributed by atoms with Crippen LogP contribution in [0.3, 0.4) is 0 Å². The predicted octanol–water partition coefficient (Wildman–Crippen LogP) is 5.04. The maximum Gasteiger partial charge on any atom is 0.311 e. The molecule has 0 unspecified atom stereocenters. The molecule has 8 nitrogen and oxygen atoms in total. The molecule has 0 aliphatic carbocycles. The zero-order valence-corrected chi connectivity index (χ0v) is 16.8. The number of aromatic nitrogens is 2. The molecule has 2 heterocycles. The second-order valence-corrected chi connectivity index (χ2v) is 6.88. The minimum atomic E-state index is -0.436. The van der Waals surface area contributed by atoms with E-state index in [0.29, 0.717) is 34.6 Å². The maximum absolute atomic E-state index is 11.6. The van der Waals surface area contributed by atoms with Gasteiger partial charge in [-0.2, -0.15) is 0 Å². The van der Waals surface area contributed by atoms with Gasteiger partial charge in [-0.3, -0.25) is 10.1 Å². The second kappa shape index (κ2) is 7.82. The zero-order chi connectivity index (χ0) is 21.3. The molecule has 0 bridgehead atoms. The van der Waals surface area contributed by atoms with Gasteiger partial charge in [0.25, 0.3) is 0 Å². The van der Waals surface area contributed by atoms with Crippen LogP contribution < -0.4 is 10.1 Å². The molecule has 0 radical (unpaired) electrons. The largest absolute Gasteiger partial charge is 0.496 e. The molecule has 0 saturated heterocycles. The Balaban J connectivity index is 1.88. The van der Waals surface area contributed by atoms with Crippen LogP contribution >= 0.6 is 0 Å². The van der Waals surface area contributed by atoms with Crippen molar-refractivity contribution in [2.75, 3.05) is 12.4 Å². The van der Waals surface area contributed by atoms with Gasteiger partial charge in [0, 0.05) is 17.5 Å². The summed E-state index contributed by atoms with van der Waals surface area (Å²) in [4.78, 5) is 15.5. The quantitative estimate of drug-likeness (QED) is 0.355. The van der Waals surface area contributed by atoms with Crippen molar-refractivity contribution in [2.45, 2.75) is 20.4 Å². The molecule has 4 rings (SSSR count). The fraction of sp³-hybridized carbons (Fsp3) is 0.182. The Morgan fingerprint density at radius 1 is 1.20 bits per heavy atom. The van der Waals surface area contributed by atoms with Crippen LogP contribution in [0.2, 0.25) is 0 Å². The number of ether oxygens (including phenoxy) is 1. The lowest BCUT2D eigenvalue weighted by molar-refractivity contribution is -0.384. The average molecular weight is 404 g/mol. The molecule has 30 heavy (non-hydrogen) atoms. The number of nitrogens with one attached hydrogen (secondary N) is 1. The lowest BCUT2D eigenvalue weighted by Crippen LogP contribution is -2.04. The molecular formula is C22H20N4O4. The maximum atomic E-state index is 11.6. The highest BCUT2D eigenvalue weighted by Crippen LogP contribution is 2.41. The van der Waals surface area contributed by atoms with E-state index in [2.05, 4.69) is 15.5 Å². The smallest absolute Gasteiger partial charge is 0.311 e. The third kappa shape index (κ3) is 3.43. The summed E-state index contributed by atoms with van der Waals surface area (Å²) in [5.41, 5.74) is 4.25. The molecule has 2 aromatic heterocycles. The summed E-state index contributed by atoms with van der Waals surface area (Å²) < 4.78 is 10.9. The van der Waals surface area contributed by atoms with Crippen LogP contribution in [0.15, 0.2) is 53.2 Å². The minimum Gasteiger partial charge on any atom is -0.496 e. The van der Waals surface area contributed by atoms with Gasteiger partial charge in [-0.05, 0) is 31.5 Å². The lowest BCUT2D eigenvalue weighted by Gasteiger charge is -2.14. The van der Waals surface area contributed by atoms with Gasteiger partial charge in [-0.25, -0.2) is 4.98 Å². The number of methoxy groups -OCH3 is 1. The molecule has 0 atom stereocenters. The molecular weight excluding hydrogens is 384 g/mol. The Hall–Kier alpha value is -3.94. The number of fused-ring (bicyclic) bond motifs is 1. The fourth-order valence-corrected chi connectivity index (χ4v) is 3.55. The minimum absolute atomic E-state index is 0.0921. The van der Waals surface area contributed by atoms with Crippen molar-refractivity contribution in [3.05, 3.63) is 75.8 Å². The number of rotatable bonds is 6. The van der Waals surface area contributed by atoms with E-state index in [-0.39, 0.29) is 5.69 Å². The highest BCUT2D eigenvalue weighted by molar-refractivity contribution is 5.99. The van der Waals surface area contributed by atoms with Crippen molar-refractivity contribution in [3.8, 4) is 16.9 Å². The SMILES string of the molecule is COc1cc2c(NCc3ccccc3)c([N+](=O)[O-])cnc2cc1-c1c(C)noc1C. The summed E-state index contributed by atoms with van der Waals surface area (Å²) in [6.07, 6.45) is 1.28. The summed E-state index contributed by atoms with van der Waals surface area (Å²) in [5.74, 6) is 1.22. The van der Waals surface area contributed by atoms with Gasteiger partial charge >= 0.3 is 5.69 Å². The molecule has 1 N–H and O–H groups in total. The van der Waals surface area contributed by atoms with Gasteiger partial charge < -0.3 is 14.6 Å². The summed E-state index contributed by atoms with van der Waals surface area (Å²) in [6, 6.07) is 13.3. The highest BCUT2D eigenvalue weighted by atomic mass is 16.6. The molecule has 0 fully saturated rings. The first-order valence-corrected chi connectivity index (χ1v) is 9.35. The van der Waals surface area contributed by atoms with E-state index in [1.165, 1.54) is 6.20 Å². The van der Waals surface area contributed by atoms with Crippen LogP contribution in [-0.2, 0) is 6.54 Å². The van der Waals surface area contributed by atoms with Gasteiger partial charge in [-0.1, -0.05) is 35.5 Å². The van der Waals surface area contributed by atoms with E-state index >= 15 is 0 Å². The predicted molar refractivity (Wildman–Crippen MR) is 114 cm³/mol. The van der Waals surface area contributed by atoms with Crippen LogP contribution in [0.4, 0.5) is 11.4 Å². The van der Waals surface area contributed by atoms with E-state index in [1.54, 1.807) is 13.2 Å². The van der Waals surface area contributed by atoms with E-state index < -0.39 is 4.92 Å². The van der Waals surface area contributed by atoms with E-state index in [4.69, 9.17) is 9.26 Å². The lowest BCUT2D eigenvalue weighted by atomic mass is 10.00. The number of pyridine rings is 1. The Bertz CT molecular complexity index is 1220. The molecule has 0 spiro atoms. The van der Waals surface area contributed by atoms with E-state index in [0.717, 1.165) is 22.4 Å². The number of hydrogen-bond donors (Lipinski definition) is 1. The van der Waals surface area contributed by atoms with Crippen LogP contribution in [0.25, 0.3) is 22.0 Å². The number of anilines is 1. The van der Waals surface area contributed by atoms with Crippen LogP contribution in [0, 0.1) is 24.0 Å². The Labute approximate surface area is 172 Å². The first-order valence-electron chi connectivity index (χ1n) is 9.35. The van der Waals surface area contributed by atoms with E-state index in [9.17, 15) is 10.1 Å². The monoisotopic (exact) mass is 404 g/mol. The molecule has 0 aliphatic heterocycles. The van der Waals surface area contributed by atoms with Gasteiger partial charge in [0.2, 0.25) is 0 Å². The topological polar surface area (TPSA) is 103 Å². The van der Waals surface area contributed by atoms with Crippen molar-refractivity contribution < 1.29 is 14.2 Å². The molecule has 4 aromatic rings. The molecule has 0 saturated carbocycles. The molecule has 0 amide bonds. The fourth-order valence-electron chi connectivity index (χ4n) is 3.55. The summed E-state index contributed by atoms with van der Waals surface area (Å²) >= 11 is 0. The summed E-state index contributed by atoms with van der Waals surface area (Å²) in [6.45, 7) is 4.12. The first-order chi connectivity index (χ1) is 14.5. The van der Waals surface area contributed by atoms with Crippen molar-refractivity contribution in [1.29, 1.82) is 0 Å². The molecule has 0 aliphatic rings. The van der Waals surface area contributed by atoms with Crippen molar-refractivity contribution in [1.82, 2.24) is 10.1 Å². The van der Waals surface area contributed by atoms with Gasteiger partial charge in [0.1, 0.15) is 23.4 Å². The molecule has 2 aromatic carbocycles. The van der Waals surface area contributed by atoms with Crippen LogP contribution in [0.1, 0.15) is 17.0 Å². The third-order valence-corrected chi connectivity index (χ3v) is 4.98. The standard InChI is InChI=1S/C22H20N4O4/c1-13-21(14(2)30-25-13)17-9-18-16(10-20(17)29-3)22(19(12-23-18)26(27)28)24-11-15-7-5-4-6-8-15/h4-10,12H,11H2,1-3H3,(H,23,24). The molecule has 8 heteroatoms. The van der Waals surface area contributed by atoms with Crippen molar-refractivity contribution in [2.24, 2.45) is 0 Å². The molecule has 152 valence electrons. The van der Waals surface area contributed by atoms with Gasteiger partial charge in [0.15, 0.2) is 0 Å². The van der Waals surface area contributed by atoms with Gasteiger partial charge in [0.05, 0.1) is 28.8 Å². The average Bonchev–Trinajstić information content (AvgIpc) is 3.09. The summed E-state index contributed by atoms with van der Waals surface area (Å²) in [7, 11) is 1.56. The Morgan fingerprint density at radius 2 is 1.97 bits per heavy atom. The Morgan fingerprint density at radius 3 is 2.60 bits per heavy atom. The van der Waals surface area contributed by atoms with Crippen LogP contribution in [-0.4, -0.2) is 22.2 Å². The first kappa shape index (κ1) is 19.4. The van der Waals surface area contributed by atoms with E-state index in [1.807, 2.05) is 50.2 Å². The second-order valence-electron chi connectivity index (χ2n) is 6.88. The number of aryl methyl sites for hydroxylation is 2. The Kier molecular flexibility index (Phi) is 5.05. The number of nitro groups is 1. The van der Waals surface area contributed by atoms with Crippen molar-refractivity contribution in [3.63, 3.8) is 0 Å². The van der Waals surface area contributed by atoms with Crippen LogP contribution in [0.5, 0.6) is 5.75 Å². The third-order valence-electron chi connectivity index (χ3n) is 4.98. The number of nitrogens with zero attached hydrogens (tertiary/aromatic N) is 3. The van der Waals surface area contributed by atoms with Gasteiger partial charge in [-0.15, -0.1) is 0 Å². The number of benzene rings is 2.